The molecule has 0 unspecified atom stereocenters. The van der Waals surface area contributed by atoms with Gasteiger partial charge in [0, 0.05) is 0 Å². The van der Waals surface area contributed by atoms with Gasteiger partial charge in [0.25, 0.3) is 0 Å². The van der Waals surface area contributed by atoms with Gasteiger partial charge in [0.2, 0.25) is 0 Å². The van der Waals surface area contributed by atoms with E-state index in [4.69, 9.17) is 4.74 Å². The van der Waals surface area contributed by atoms with Gasteiger partial charge in [-0.2, -0.15) is 10.2 Å². The lowest BCUT2D eigenvalue weighted by Gasteiger charge is -2.36. The predicted molar refractivity (Wildman–Crippen MR) is 79.8 cm³/mol. The summed E-state index contributed by atoms with van der Waals surface area (Å²) in [7, 11) is 0. The van der Waals surface area contributed by atoms with Crippen molar-refractivity contribution in [2.75, 3.05) is 22.1 Å². The molecule has 2 N–H and O–H groups in total. The minimum Gasteiger partial charge on any atom is -0.494 e. The Morgan fingerprint density at radius 1 is 1.14 bits per heavy atom. The maximum Gasteiger partial charge on any atom is 0.347 e. The molecule has 0 saturated carbocycles. The van der Waals surface area contributed by atoms with E-state index in [2.05, 4.69) is 5.32 Å². The number of carbonyl (C=O) groups is 1. The lowest BCUT2D eigenvalue weighted by Crippen LogP contribution is -2.50. The van der Waals surface area contributed by atoms with Crippen molar-refractivity contribution >= 4 is 23.1 Å². The van der Waals surface area contributed by atoms with Crippen LogP contribution >= 0.6 is 0 Å². The third-order valence-electron chi connectivity index (χ3n) is 3.14. The fraction of sp³-hybridized carbons (Fsp3) is 0.133. The highest BCUT2D eigenvalue weighted by Gasteiger charge is 2.30. The van der Waals surface area contributed by atoms with Crippen molar-refractivity contribution in [3.63, 3.8) is 0 Å². The molecule has 1 heterocycles. The monoisotopic (exact) mass is 285 g/mol. The smallest absolute Gasteiger partial charge is 0.347 e. The summed E-state index contributed by atoms with van der Waals surface area (Å²) in [5.41, 5.74) is 1.60. The Morgan fingerprint density at radius 3 is 2.57 bits per heavy atom. The normalized spacial score (nSPS) is 13.7. The Morgan fingerprint density at radius 2 is 1.86 bits per heavy atom. The summed E-state index contributed by atoms with van der Waals surface area (Å²) in [6, 6.07) is 13.5. The third-order valence-corrected chi connectivity index (χ3v) is 3.14. The van der Waals surface area contributed by atoms with Gasteiger partial charge in [-0.05, 0) is 43.3 Å². The number of amides is 2. The second-order valence-corrected chi connectivity index (χ2v) is 4.48. The van der Waals surface area contributed by atoms with Gasteiger partial charge >= 0.3 is 6.03 Å². The fourth-order valence-corrected chi connectivity index (χ4v) is 2.19. The van der Waals surface area contributed by atoms with E-state index in [0.29, 0.717) is 29.4 Å². The van der Waals surface area contributed by atoms with Gasteiger partial charge in [0.1, 0.15) is 11.4 Å². The lowest BCUT2D eigenvalue weighted by molar-refractivity contribution is 0.221. The average Bonchev–Trinajstić information content (AvgIpc) is 2.49. The number of anilines is 3. The number of nitrogens with zero attached hydrogens (tertiary/aromatic N) is 2. The second kappa shape index (κ2) is 5.34. The third kappa shape index (κ3) is 2.36. The van der Waals surface area contributed by atoms with Crippen molar-refractivity contribution in [1.29, 1.82) is 0 Å². The van der Waals surface area contributed by atoms with Crippen molar-refractivity contribution < 1.29 is 14.7 Å². The zero-order valence-corrected chi connectivity index (χ0v) is 11.5. The number of hydrazine groups is 1. The average molecular weight is 285 g/mol. The van der Waals surface area contributed by atoms with Crippen LogP contribution in [0.5, 0.6) is 5.75 Å². The molecule has 0 saturated heterocycles. The SMILES string of the molecule is CCOc1ccc(N2C(=O)Nc3ccccc3N2O)cc1. The molecule has 3 rings (SSSR count). The number of nitrogens with one attached hydrogen (secondary N) is 1. The fourth-order valence-electron chi connectivity index (χ4n) is 2.19. The summed E-state index contributed by atoms with van der Waals surface area (Å²) in [4.78, 5) is 12.2. The van der Waals surface area contributed by atoms with Crippen molar-refractivity contribution in [2.24, 2.45) is 0 Å². The van der Waals surface area contributed by atoms with Gasteiger partial charge in [0.05, 0.1) is 18.0 Å². The highest BCUT2D eigenvalue weighted by Crippen LogP contribution is 2.33. The largest absolute Gasteiger partial charge is 0.494 e. The Hall–Kier alpha value is -2.73. The van der Waals surface area contributed by atoms with Crippen LogP contribution in [0, 0.1) is 0 Å². The molecule has 108 valence electrons. The van der Waals surface area contributed by atoms with Crippen LogP contribution in [0.2, 0.25) is 0 Å². The molecule has 0 aliphatic carbocycles. The van der Waals surface area contributed by atoms with Gasteiger partial charge in [-0.15, -0.1) is 0 Å². The molecule has 6 heteroatoms. The van der Waals surface area contributed by atoms with Gasteiger partial charge < -0.3 is 10.1 Å². The van der Waals surface area contributed by atoms with E-state index in [0.717, 1.165) is 10.2 Å². The highest BCUT2D eigenvalue weighted by atomic mass is 16.6. The minimum absolute atomic E-state index is 0.430. The summed E-state index contributed by atoms with van der Waals surface area (Å²) >= 11 is 0. The van der Waals surface area contributed by atoms with Gasteiger partial charge in [0.15, 0.2) is 0 Å². The molecular weight excluding hydrogens is 270 g/mol. The minimum atomic E-state index is -0.430. The first-order valence-corrected chi connectivity index (χ1v) is 6.62. The molecule has 0 atom stereocenters. The number of hydrogen-bond acceptors (Lipinski definition) is 4. The molecule has 2 amide bonds. The number of benzene rings is 2. The molecule has 2 aromatic carbocycles. The highest BCUT2D eigenvalue weighted by molar-refractivity contribution is 6.08. The number of hydrogen-bond donors (Lipinski definition) is 2. The van der Waals surface area contributed by atoms with Crippen LogP contribution in [0.25, 0.3) is 0 Å². The summed E-state index contributed by atoms with van der Waals surface area (Å²) < 4.78 is 5.36. The maximum atomic E-state index is 12.2. The molecule has 2 aromatic rings. The van der Waals surface area contributed by atoms with Crippen LogP contribution in [0.1, 0.15) is 6.92 Å². The molecular formula is C15H15N3O3. The maximum absolute atomic E-state index is 12.2. The van der Waals surface area contributed by atoms with Gasteiger partial charge in [-0.1, -0.05) is 12.1 Å². The number of ether oxygens (including phenoxy) is 1. The number of urea groups is 1. The summed E-state index contributed by atoms with van der Waals surface area (Å²) in [6.45, 7) is 2.47. The molecule has 0 radical (unpaired) electrons. The van der Waals surface area contributed by atoms with Crippen LogP contribution in [-0.4, -0.2) is 17.8 Å². The van der Waals surface area contributed by atoms with Crippen molar-refractivity contribution in [2.45, 2.75) is 6.92 Å². The lowest BCUT2D eigenvalue weighted by atomic mass is 10.2. The van der Waals surface area contributed by atoms with E-state index >= 15 is 0 Å². The number of fused-ring (bicyclic) bond motifs is 1. The Bertz CT molecular complexity index is 657. The quantitative estimate of drug-likeness (QED) is 0.908. The molecule has 6 nitrogen and oxygen atoms in total. The molecule has 0 aromatic heterocycles. The van der Waals surface area contributed by atoms with Crippen LogP contribution in [0.4, 0.5) is 21.9 Å². The van der Waals surface area contributed by atoms with Crippen LogP contribution in [0.15, 0.2) is 48.5 Å². The zero-order chi connectivity index (χ0) is 14.8. The molecule has 0 fully saturated rings. The van der Waals surface area contributed by atoms with E-state index in [-0.39, 0.29) is 0 Å². The number of para-hydroxylation sites is 2. The summed E-state index contributed by atoms with van der Waals surface area (Å²) in [6.07, 6.45) is 0. The van der Waals surface area contributed by atoms with Crippen LogP contribution in [0.3, 0.4) is 0 Å². The van der Waals surface area contributed by atoms with Gasteiger partial charge in [-0.25, -0.2) is 4.79 Å². The first-order valence-electron chi connectivity index (χ1n) is 6.62. The Kier molecular flexibility index (Phi) is 3.37. The molecule has 1 aliphatic rings. The topological polar surface area (TPSA) is 65.0 Å². The van der Waals surface area contributed by atoms with E-state index in [9.17, 15) is 10.0 Å². The second-order valence-electron chi connectivity index (χ2n) is 4.48. The van der Waals surface area contributed by atoms with E-state index in [1.54, 1.807) is 48.5 Å². The molecule has 1 aliphatic heterocycles. The first kappa shape index (κ1) is 13.3. The standard InChI is InChI=1S/C15H15N3O3/c1-2-21-12-9-7-11(8-10-12)17-15(19)16-13-5-3-4-6-14(13)18(17)20/h3-10,20H,2H2,1H3,(H,16,19). The molecule has 21 heavy (non-hydrogen) atoms. The van der Waals surface area contributed by atoms with E-state index in [1.807, 2.05) is 6.92 Å². The van der Waals surface area contributed by atoms with E-state index in [1.165, 1.54) is 0 Å². The zero-order valence-electron chi connectivity index (χ0n) is 11.5. The van der Waals surface area contributed by atoms with Crippen molar-refractivity contribution in [3.8, 4) is 5.75 Å². The van der Waals surface area contributed by atoms with Gasteiger partial charge in [-0.3, -0.25) is 5.21 Å². The Labute approximate surface area is 122 Å². The number of rotatable bonds is 3. The first-order chi connectivity index (χ1) is 10.2. The van der Waals surface area contributed by atoms with Crippen molar-refractivity contribution in [1.82, 2.24) is 0 Å². The summed E-state index contributed by atoms with van der Waals surface area (Å²) in [5, 5.41) is 15.0. The molecule has 0 spiro atoms. The summed E-state index contributed by atoms with van der Waals surface area (Å²) in [5.74, 6) is 0.712. The molecule has 0 bridgehead atoms. The van der Waals surface area contributed by atoms with Crippen molar-refractivity contribution in [3.05, 3.63) is 48.5 Å². The van der Waals surface area contributed by atoms with Crippen LogP contribution < -0.4 is 20.2 Å². The number of carbonyl (C=O) groups excluding carboxylic acids is 1. The Balaban J connectivity index is 1.93. The predicted octanol–water partition coefficient (Wildman–Crippen LogP) is 3.25. The van der Waals surface area contributed by atoms with Crippen LogP contribution in [-0.2, 0) is 0 Å². The van der Waals surface area contributed by atoms with E-state index < -0.39 is 6.03 Å².